The largest absolute Gasteiger partial charge is 4.00 e. The van der Waals surface area contributed by atoms with Crippen molar-refractivity contribution in [3.05, 3.63) is 67.3 Å². The van der Waals surface area contributed by atoms with Crippen LogP contribution < -0.4 is 24.8 Å². The number of halogens is 2. The molecule has 0 saturated heterocycles. The minimum absolute atomic E-state index is 0. The van der Waals surface area contributed by atoms with E-state index < -0.39 is 0 Å². The van der Waals surface area contributed by atoms with Crippen molar-refractivity contribution in [2.75, 3.05) is 0 Å². The average Bonchev–Trinajstić information content (AvgIpc) is 2.67. The Bertz CT molecular complexity index is 389. The maximum absolute atomic E-state index is 4.93. The minimum atomic E-state index is 0. The second-order valence-electron chi connectivity index (χ2n) is 2.87. The molecule has 0 fully saturated rings. The monoisotopic (exact) mass is 342 g/mol. The zero-order valence-corrected chi connectivity index (χ0v) is 13.6. The first-order valence-corrected chi connectivity index (χ1v) is 4.65. The molecule has 17 heavy (non-hydrogen) atoms. The van der Waals surface area contributed by atoms with E-state index in [9.17, 15) is 0 Å². The second kappa shape index (κ2) is 13.8. The summed E-state index contributed by atoms with van der Waals surface area (Å²) in [7, 11) is 0. The van der Waals surface area contributed by atoms with Crippen LogP contribution in [0.2, 0.25) is 0 Å². The fraction of sp³-hybridized carbons (Fsp3) is 0.0714. The standard InChI is InChI=1S/C9H7.C5H7.2ClH.Zr/c1-2-5-9-7-3-6-8(9)4-1;1-3-5-4-2;;;/h1-7H;1,3-5H,2H3;2*1H;/q2*-1;;;+4/p-2. The molecule has 0 N–H and O–H groups in total. The average molecular weight is 344 g/mol. The van der Waals surface area contributed by atoms with Crippen LogP contribution in [-0.2, 0) is 26.2 Å². The Morgan fingerprint density at radius 3 is 2.24 bits per heavy atom. The molecule has 0 saturated carbocycles. The Hall–Kier alpha value is -0.227. The van der Waals surface area contributed by atoms with E-state index in [-0.39, 0.29) is 51.0 Å². The fourth-order valence-corrected chi connectivity index (χ4v) is 1.18. The molecule has 2 aromatic rings. The Balaban J connectivity index is -0.000000222. The topological polar surface area (TPSA) is 0 Å². The van der Waals surface area contributed by atoms with Crippen LogP contribution in [-0.4, -0.2) is 0 Å². The predicted octanol–water partition coefficient (Wildman–Crippen LogP) is -1.88. The minimum Gasteiger partial charge on any atom is -1.00 e. The third-order valence-electron chi connectivity index (χ3n) is 1.85. The molecule has 2 aromatic carbocycles. The second-order valence-corrected chi connectivity index (χ2v) is 2.87. The van der Waals surface area contributed by atoms with Gasteiger partial charge < -0.3 is 24.8 Å². The van der Waals surface area contributed by atoms with Crippen molar-refractivity contribution in [1.29, 1.82) is 0 Å². The molecule has 3 heteroatoms. The Labute approximate surface area is 135 Å². The van der Waals surface area contributed by atoms with Crippen LogP contribution >= 0.6 is 0 Å². The maximum atomic E-state index is 4.93. The molecule has 0 spiro atoms. The molecule has 0 radical (unpaired) electrons. The number of rotatable bonds is 1. The van der Waals surface area contributed by atoms with Crippen molar-refractivity contribution >= 4 is 10.8 Å². The summed E-state index contributed by atoms with van der Waals surface area (Å²) in [6.07, 6.45) is 5.15. The smallest absolute Gasteiger partial charge is 1.00 e. The molecule has 0 nitrogen and oxygen atoms in total. The van der Waals surface area contributed by atoms with E-state index >= 15 is 0 Å². The fourth-order valence-electron chi connectivity index (χ4n) is 1.18. The van der Waals surface area contributed by atoms with Gasteiger partial charge in [-0.05, 0) is 0 Å². The summed E-state index contributed by atoms with van der Waals surface area (Å²) in [5.74, 6) is 0. The van der Waals surface area contributed by atoms with Gasteiger partial charge in [0.15, 0.2) is 0 Å². The van der Waals surface area contributed by atoms with Gasteiger partial charge in [-0.2, -0.15) is 23.6 Å². The van der Waals surface area contributed by atoms with Gasteiger partial charge in [0.1, 0.15) is 0 Å². The number of hydrogen-bond donors (Lipinski definition) is 0. The van der Waals surface area contributed by atoms with E-state index in [0.29, 0.717) is 0 Å². The van der Waals surface area contributed by atoms with E-state index in [1.807, 2.05) is 13.0 Å². The molecular formula is C14H14Cl2Zr. The van der Waals surface area contributed by atoms with Gasteiger partial charge in [-0.1, -0.05) is 13.0 Å². The zero-order chi connectivity index (χ0) is 10.2. The summed E-state index contributed by atoms with van der Waals surface area (Å²) in [6, 6.07) is 14.7. The van der Waals surface area contributed by atoms with Gasteiger partial charge in [-0.15, -0.1) is 29.7 Å². The van der Waals surface area contributed by atoms with Gasteiger partial charge in [-0.3, -0.25) is 6.58 Å². The maximum Gasteiger partial charge on any atom is 4.00 e. The molecule has 2 rings (SSSR count). The number of fused-ring (bicyclic) bond motifs is 1. The SMILES string of the molecule is [CH-]=CC=CC.[Cl-].[Cl-].[Zr+4].c1ccc2[cH-]ccc2c1. The third-order valence-corrected chi connectivity index (χ3v) is 1.85. The first-order valence-electron chi connectivity index (χ1n) is 4.65. The van der Waals surface area contributed by atoms with Crippen LogP contribution in [0.3, 0.4) is 0 Å². The Morgan fingerprint density at radius 1 is 1.12 bits per heavy atom. The van der Waals surface area contributed by atoms with E-state index in [1.54, 1.807) is 6.08 Å². The molecule has 0 atom stereocenters. The van der Waals surface area contributed by atoms with Gasteiger partial charge in [0.05, 0.1) is 0 Å². The molecule has 0 aliphatic heterocycles. The van der Waals surface area contributed by atoms with Crippen LogP contribution in [0.15, 0.2) is 60.7 Å². The summed E-state index contributed by atoms with van der Waals surface area (Å²) >= 11 is 0. The molecular weight excluding hydrogens is 330 g/mol. The summed E-state index contributed by atoms with van der Waals surface area (Å²) in [5, 5.41) is 2.66. The van der Waals surface area contributed by atoms with Crippen LogP contribution in [0.25, 0.3) is 10.8 Å². The zero-order valence-electron chi connectivity index (χ0n) is 9.61. The van der Waals surface area contributed by atoms with E-state index in [0.717, 1.165) is 0 Å². The van der Waals surface area contributed by atoms with Crippen LogP contribution in [0.4, 0.5) is 0 Å². The number of allylic oxidation sites excluding steroid dienone is 3. The molecule has 0 unspecified atom stereocenters. The summed E-state index contributed by atoms with van der Waals surface area (Å²) < 4.78 is 0. The predicted molar refractivity (Wildman–Crippen MR) is 63.2 cm³/mol. The summed E-state index contributed by atoms with van der Waals surface area (Å²) in [6.45, 7) is 6.85. The molecule has 0 bridgehead atoms. The van der Waals surface area contributed by atoms with E-state index in [2.05, 4.69) is 42.5 Å². The third kappa shape index (κ3) is 8.49. The Morgan fingerprint density at radius 2 is 1.76 bits per heavy atom. The van der Waals surface area contributed by atoms with Gasteiger partial charge in [-0.25, -0.2) is 12.2 Å². The van der Waals surface area contributed by atoms with Gasteiger partial charge in [0, 0.05) is 0 Å². The van der Waals surface area contributed by atoms with Crippen LogP contribution in [0.1, 0.15) is 6.92 Å². The van der Waals surface area contributed by atoms with Crippen LogP contribution in [0, 0.1) is 6.58 Å². The van der Waals surface area contributed by atoms with Crippen molar-refractivity contribution < 1.29 is 51.0 Å². The van der Waals surface area contributed by atoms with Crippen molar-refractivity contribution in [3.63, 3.8) is 0 Å². The van der Waals surface area contributed by atoms with Gasteiger partial charge in [0.2, 0.25) is 0 Å². The molecule has 0 aromatic heterocycles. The number of benzene rings is 1. The quantitative estimate of drug-likeness (QED) is 0.420. The number of hydrogen-bond acceptors (Lipinski definition) is 0. The molecule has 0 amide bonds. The van der Waals surface area contributed by atoms with E-state index in [1.165, 1.54) is 16.8 Å². The van der Waals surface area contributed by atoms with Crippen LogP contribution in [0.5, 0.6) is 0 Å². The first kappa shape index (κ1) is 22.0. The molecule has 0 aliphatic rings. The van der Waals surface area contributed by atoms with Crippen molar-refractivity contribution in [1.82, 2.24) is 0 Å². The molecule has 0 heterocycles. The first-order chi connectivity index (χ1) is 6.88. The van der Waals surface area contributed by atoms with Crippen molar-refractivity contribution in [2.24, 2.45) is 0 Å². The van der Waals surface area contributed by atoms with Gasteiger partial charge in [0.25, 0.3) is 0 Å². The molecule has 0 aliphatic carbocycles. The Kier molecular flexibility index (Phi) is 17.9. The normalized spacial score (nSPS) is 8.06. The van der Waals surface area contributed by atoms with E-state index in [4.69, 9.17) is 6.58 Å². The van der Waals surface area contributed by atoms with Crippen molar-refractivity contribution in [2.45, 2.75) is 6.92 Å². The summed E-state index contributed by atoms with van der Waals surface area (Å²) in [5.41, 5.74) is 0. The summed E-state index contributed by atoms with van der Waals surface area (Å²) in [4.78, 5) is 0. The van der Waals surface area contributed by atoms with Crippen molar-refractivity contribution in [3.8, 4) is 0 Å². The van der Waals surface area contributed by atoms with Gasteiger partial charge >= 0.3 is 26.2 Å². The molecule has 88 valence electrons.